The summed E-state index contributed by atoms with van der Waals surface area (Å²) in [5.41, 5.74) is 1.92. The van der Waals surface area contributed by atoms with Gasteiger partial charge in [-0.05, 0) is 56.2 Å². The summed E-state index contributed by atoms with van der Waals surface area (Å²) in [7, 11) is 0. The second-order valence-corrected chi connectivity index (χ2v) is 5.92. The molecule has 1 saturated carbocycles. The molecule has 2 rings (SSSR count). The normalized spacial score (nSPS) is 26.7. The third-order valence-corrected chi connectivity index (χ3v) is 4.11. The highest BCUT2D eigenvalue weighted by atomic mass is 16.3. The van der Waals surface area contributed by atoms with Crippen LogP contribution in [0.3, 0.4) is 0 Å². The van der Waals surface area contributed by atoms with Crippen LogP contribution in [0.4, 0.5) is 5.69 Å². The van der Waals surface area contributed by atoms with Crippen LogP contribution in [0.25, 0.3) is 0 Å². The molecule has 3 nitrogen and oxygen atoms in total. The molecule has 2 N–H and O–H groups in total. The maximum absolute atomic E-state index is 10.5. The van der Waals surface area contributed by atoms with Gasteiger partial charge in [-0.2, -0.15) is 5.26 Å². The molecule has 0 heterocycles. The highest BCUT2D eigenvalue weighted by Gasteiger charge is 2.31. The molecule has 1 aromatic carbocycles. The van der Waals surface area contributed by atoms with E-state index in [0.29, 0.717) is 18.0 Å². The average molecular weight is 258 g/mol. The molecule has 3 heteroatoms. The minimum absolute atomic E-state index is 0.525. The first kappa shape index (κ1) is 13.9. The lowest BCUT2D eigenvalue weighted by Gasteiger charge is -2.35. The summed E-state index contributed by atoms with van der Waals surface area (Å²) >= 11 is 0. The van der Waals surface area contributed by atoms with Crippen LogP contribution in [0.1, 0.15) is 43.7 Å². The number of aliphatic hydroxyl groups is 1. The Kier molecular flexibility index (Phi) is 4.11. The predicted octanol–water partition coefficient (Wildman–Crippen LogP) is 3.22. The number of rotatable bonds is 3. The first-order chi connectivity index (χ1) is 9.02. The van der Waals surface area contributed by atoms with Gasteiger partial charge in [0.15, 0.2) is 0 Å². The van der Waals surface area contributed by atoms with E-state index in [0.717, 1.165) is 36.9 Å². The molecule has 1 fully saturated rings. The number of nitriles is 1. The predicted molar refractivity (Wildman–Crippen MR) is 77.0 cm³/mol. The van der Waals surface area contributed by atoms with Crippen LogP contribution in [-0.2, 0) is 0 Å². The lowest BCUT2D eigenvalue weighted by Crippen LogP contribution is -2.40. The van der Waals surface area contributed by atoms with Gasteiger partial charge < -0.3 is 10.4 Å². The van der Waals surface area contributed by atoms with E-state index in [9.17, 15) is 5.11 Å². The van der Waals surface area contributed by atoms with E-state index in [1.807, 2.05) is 25.1 Å². The van der Waals surface area contributed by atoms with Gasteiger partial charge in [-0.25, -0.2) is 0 Å². The van der Waals surface area contributed by atoms with Crippen molar-refractivity contribution in [2.24, 2.45) is 5.92 Å². The number of hydrogen-bond acceptors (Lipinski definition) is 3. The quantitative estimate of drug-likeness (QED) is 0.875. The largest absolute Gasteiger partial charge is 0.388 e. The van der Waals surface area contributed by atoms with Crippen LogP contribution < -0.4 is 5.32 Å². The molecule has 1 aliphatic rings. The van der Waals surface area contributed by atoms with Crippen LogP contribution in [0.15, 0.2) is 18.2 Å². The van der Waals surface area contributed by atoms with Crippen molar-refractivity contribution in [2.75, 3.05) is 11.9 Å². The zero-order chi connectivity index (χ0) is 13.9. The van der Waals surface area contributed by atoms with E-state index in [-0.39, 0.29) is 0 Å². The van der Waals surface area contributed by atoms with E-state index in [2.05, 4.69) is 18.3 Å². The third-order valence-electron chi connectivity index (χ3n) is 4.11. The Balaban J connectivity index is 2.01. The lowest BCUT2D eigenvalue weighted by atomic mass is 9.79. The number of anilines is 1. The number of hydrogen-bond donors (Lipinski definition) is 2. The third kappa shape index (κ3) is 3.48. The summed E-state index contributed by atoms with van der Waals surface area (Å²) in [5.74, 6) is 0.717. The van der Waals surface area contributed by atoms with Crippen molar-refractivity contribution in [2.45, 2.75) is 45.1 Å². The molecule has 102 valence electrons. The Morgan fingerprint density at radius 2 is 2.11 bits per heavy atom. The molecule has 0 bridgehead atoms. The summed E-state index contributed by atoms with van der Waals surface area (Å²) in [4.78, 5) is 0. The second kappa shape index (κ2) is 5.63. The van der Waals surface area contributed by atoms with Crippen LogP contribution in [0, 0.1) is 24.2 Å². The second-order valence-electron chi connectivity index (χ2n) is 5.92. The summed E-state index contributed by atoms with van der Waals surface area (Å²) in [6.07, 6.45) is 3.85. The van der Waals surface area contributed by atoms with Gasteiger partial charge in [-0.1, -0.05) is 13.0 Å². The SMILES string of the molecule is Cc1ccc(NCC2(O)CCC(C)CC2)c(C#N)c1. The fraction of sp³-hybridized carbons (Fsp3) is 0.562. The van der Waals surface area contributed by atoms with Crippen LogP contribution in [-0.4, -0.2) is 17.3 Å². The smallest absolute Gasteiger partial charge is 0.101 e. The fourth-order valence-corrected chi connectivity index (χ4v) is 2.64. The average Bonchev–Trinajstić information content (AvgIpc) is 2.41. The lowest BCUT2D eigenvalue weighted by molar-refractivity contribution is 0.00501. The van der Waals surface area contributed by atoms with Crippen molar-refractivity contribution in [1.82, 2.24) is 0 Å². The van der Waals surface area contributed by atoms with Crippen molar-refractivity contribution >= 4 is 5.69 Å². The molecule has 0 unspecified atom stereocenters. The minimum atomic E-state index is -0.621. The topological polar surface area (TPSA) is 56.0 Å². The van der Waals surface area contributed by atoms with Gasteiger partial charge >= 0.3 is 0 Å². The minimum Gasteiger partial charge on any atom is -0.388 e. The summed E-state index contributed by atoms with van der Waals surface area (Å²) in [6.45, 7) is 4.74. The fourth-order valence-electron chi connectivity index (χ4n) is 2.64. The Morgan fingerprint density at radius 1 is 1.42 bits per heavy atom. The Hall–Kier alpha value is -1.53. The van der Waals surface area contributed by atoms with E-state index >= 15 is 0 Å². The first-order valence-corrected chi connectivity index (χ1v) is 6.99. The van der Waals surface area contributed by atoms with Crippen molar-refractivity contribution in [3.8, 4) is 6.07 Å². The number of nitrogens with zero attached hydrogens (tertiary/aromatic N) is 1. The van der Waals surface area contributed by atoms with Gasteiger partial charge in [-0.3, -0.25) is 0 Å². The van der Waals surface area contributed by atoms with Crippen molar-refractivity contribution < 1.29 is 5.11 Å². The maximum atomic E-state index is 10.5. The zero-order valence-electron chi connectivity index (χ0n) is 11.7. The number of benzene rings is 1. The summed E-state index contributed by atoms with van der Waals surface area (Å²) in [5, 5.41) is 22.9. The molecule has 0 spiro atoms. The highest BCUT2D eigenvalue weighted by Crippen LogP contribution is 2.32. The van der Waals surface area contributed by atoms with Gasteiger partial charge in [0.05, 0.1) is 16.9 Å². The molecular formula is C16H22N2O. The molecule has 0 amide bonds. The van der Waals surface area contributed by atoms with E-state index in [4.69, 9.17) is 5.26 Å². The van der Waals surface area contributed by atoms with Gasteiger partial charge in [0.1, 0.15) is 6.07 Å². The molecule has 0 saturated heterocycles. The Labute approximate surface area is 115 Å². The highest BCUT2D eigenvalue weighted by molar-refractivity contribution is 5.58. The molecule has 1 aliphatic carbocycles. The Morgan fingerprint density at radius 3 is 2.74 bits per heavy atom. The standard InChI is InChI=1S/C16H22N2O/c1-12-5-7-16(19,8-6-12)11-18-15-4-3-13(2)9-14(15)10-17/h3-4,9,12,18-19H,5-8,11H2,1-2H3. The van der Waals surface area contributed by atoms with Crippen LogP contribution >= 0.6 is 0 Å². The molecule has 0 aliphatic heterocycles. The van der Waals surface area contributed by atoms with Crippen LogP contribution in [0.5, 0.6) is 0 Å². The molecule has 1 aromatic rings. The van der Waals surface area contributed by atoms with Crippen molar-refractivity contribution in [3.63, 3.8) is 0 Å². The van der Waals surface area contributed by atoms with Crippen LogP contribution in [0.2, 0.25) is 0 Å². The van der Waals surface area contributed by atoms with Gasteiger partial charge in [-0.15, -0.1) is 0 Å². The first-order valence-electron chi connectivity index (χ1n) is 6.99. The van der Waals surface area contributed by atoms with Gasteiger partial charge in [0.25, 0.3) is 0 Å². The van der Waals surface area contributed by atoms with Gasteiger partial charge in [0, 0.05) is 6.54 Å². The molecule has 0 aromatic heterocycles. The molecule has 0 radical (unpaired) electrons. The summed E-state index contributed by atoms with van der Waals surface area (Å²) in [6, 6.07) is 7.97. The number of nitrogens with one attached hydrogen (secondary N) is 1. The van der Waals surface area contributed by atoms with Crippen molar-refractivity contribution in [3.05, 3.63) is 29.3 Å². The molecule has 19 heavy (non-hydrogen) atoms. The molecule has 0 atom stereocenters. The van der Waals surface area contributed by atoms with Crippen molar-refractivity contribution in [1.29, 1.82) is 5.26 Å². The van der Waals surface area contributed by atoms with E-state index in [1.165, 1.54) is 0 Å². The van der Waals surface area contributed by atoms with Gasteiger partial charge in [0.2, 0.25) is 0 Å². The van der Waals surface area contributed by atoms with E-state index < -0.39 is 5.60 Å². The zero-order valence-corrected chi connectivity index (χ0v) is 11.7. The maximum Gasteiger partial charge on any atom is 0.101 e. The Bertz CT molecular complexity index is 482. The molecular weight excluding hydrogens is 236 g/mol. The monoisotopic (exact) mass is 258 g/mol. The number of aryl methyl sites for hydroxylation is 1. The van der Waals surface area contributed by atoms with E-state index in [1.54, 1.807) is 0 Å². The summed E-state index contributed by atoms with van der Waals surface area (Å²) < 4.78 is 0.